The zero-order chi connectivity index (χ0) is 56.9. The van der Waals surface area contributed by atoms with Gasteiger partial charge in [0.05, 0.1) is 5.69 Å². The van der Waals surface area contributed by atoms with Crippen molar-refractivity contribution >= 4 is 74.3 Å². The van der Waals surface area contributed by atoms with Crippen molar-refractivity contribution in [2.45, 2.75) is 176 Å². The number of nitrogens with zero attached hydrogens (tertiary/aromatic N) is 3. The van der Waals surface area contributed by atoms with Crippen molar-refractivity contribution in [3.05, 3.63) is 202 Å². The maximum Gasteiger partial charge on any atom is 0.252 e. The normalized spacial score (nSPS) is 14.9. The first-order valence-corrected chi connectivity index (χ1v) is 29.2. The van der Waals surface area contributed by atoms with Crippen LogP contribution in [0.2, 0.25) is 0 Å². The van der Waals surface area contributed by atoms with Crippen molar-refractivity contribution in [3.8, 4) is 11.1 Å². The lowest BCUT2D eigenvalue weighted by Crippen LogP contribution is -2.62. The summed E-state index contributed by atoms with van der Waals surface area (Å²) in [7, 11) is 0. The van der Waals surface area contributed by atoms with Gasteiger partial charge in [-0.05, 0) is 177 Å². The lowest BCUT2D eigenvalue weighted by atomic mass is 9.33. The summed E-state index contributed by atoms with van der Waals surface area (Å²) < 4.78 is 0. The second-order valence-corrected chi connectivity index (χ2v) is 30.1. The molecule has 11 rings (SSSR count). The third-order valence-corrected chi connectivity index (χ3v) is 17.8. The standard InChI is InChI=1S/C75H86BN3/c1-69(2,3)47-25-33-53(34-26-47)77(54-35-27-48(28-36-54)70(4,5)6)56-45-58-57-23-21-22-24-59(57)75(19,20)67(58)64(46-56)79-63-40-32-51(73(13,14)15)42-61(63)76-60-41-50(72(10,11)12)31-39-62(60)78(55-37-29-49(30-38-55)71(7,8)9)65-43-52(74(16,17)18)44-66(79)68(65)76/h21-46H,1-20H3. The molecular weight excluding hydrogens is 954 g/mol. The van der Waals surface area contributed by atoms with Crippen molar-refractivity contribution in [3.63, 3.8) is 0 Å². The molecule has 0 saturated heterocycles. The molecule has 0 N–H and O–H groups in total. The summed E-state index contributed by atoms with van der Waals surface area (Å²) in [5, 5.41) is 0. The molecule has 2 aliphatic heterocycles. The number of benzene rings is 8. The fraction of sp³-hybridized carbons (Fsp3) is 0.360. The smallest absolute Gasteiger partial charge is 0.252 e. The van der Waals surface area contributed by atoms with Gasteiger partial charge in [0.25, 0.3) is 6.71 Å². The molecule has 0 saturated carbocycles. The summed E-state index contributed by atoms with van der Waals surface area (Å²) >= 11 is 0. The van der Waals surface area contributed by atoms with E-state index in [1.165, 1.54) is 106 Å². The van der Waals surface area contributed by atoms with Gasteiger partial charge in [-0.1, -0.05) is 223 Å². The van der Waals surface area contributed by atoms with Crippen molar-refractivity contribution in [1.29, 1.82) is 0 Å². The van der Waals surface area contributed by atoms with Crippen LogP contribution in [0.1, 0.15) is 183 Å². The first-order valence-electron chi connectivity index (χ1n) is 29.2. The molecule has 8 aromatic carbocycles. The largest absolute Gasteiger partial charge is 0.311 e. The molecule has 3 nitrogen and oxygen atoms in total. The van der Waals surface area contributed by atoms with E-state index in [-0.39, 0.29) is 44.6 Å². The Labute approximate surface area is 476 Å². The second kappa shape index (κ2) is 18.1. The quantitative estimate of drug-likeness (QED) is 0.159. The molecular formula is C75H86BN3. The molecule has 3 aliphatic rings. The summed E-state index contributed by atoms with van der Waals surface area (Å²) in [5.41, 5.74) is 27.5. The number of fused-ring (bicyclic) bond motifs is 7. The van der Waals surface area contributed by atoms with Crippen LogP contribution in [0, 0.1) is 0 Å². The molecule has 79 heavy (non-hydrogen) atoms. The molecule has 0 radical (unpaired) electrons. The van der Waals surface area contributed by atoms with Crippen LogP contribution in [-0.4, -0.2) is 6.71 Å². The van der Waals surface area contributed by atoms with Gasteiger partial charge in [-0.15, -0.1) is 0 Å². The van der Waals surface area contributed by atoms with Gasteiger partial charge in [0.15, 0.2) is 0 Å². The maximum atomic E-state index is 2.73. The maximum absolute atomic E-state index is 2.73. The van der Waals surface area contributed by atoms with Gasteiger partial charge in [-0.25, -0.2) is 0 Å². The summed E-state index contributed by atoms with van der Waals surface area (Å²) in [6, 6.07) is 62.4. The fourth-order valence-electron chi connectivity index (χ4n) is 12.9. The van der Waals surface area contributed by atoms with E-state index in [4.69, 9.17) is 0 Å². The minimum absolute atomic E-state index is 0.0150. The zero-order valence-corrected chi connectivity index (χ0v) is 51.4. The molecule has 0 fully saturated rings. The Morgan fingerprint density at radius 3 is 1.20 bits per heavy atom. The molecule has 0 spiro atoms. The van der Waals surface area contributed by atoms with E-state index >= 15 is 0 Å². The summed E-state index contributed by atoms with van der Waals surface area (Å²) in [6.07, 6.45) is 0. The van der Waals surface area contributed by atoms with Crippen molar-refractivity contribution in [2.24, 2.45) is 0 Å². The van der Waals surface area contributed by atoms with E-state index in [9.17, 15) is 0 Å². The van der Waals surface area contributed by atoms with Crippen LogP contribution >= 0.6 is 0 Å². The van der Waals surface area contributed by atoms with Gasteiger partial charge in [-0.3, -0.25) is 0 Å². The highest BCUT2D eigenvalue weighted by Crippen LogP contribution is 2.58. The molecule has 8 aromatic rings. The summed E-state index contributed by atoms with van der Waals surface area (Å²) in [6.45, 7) is 47.0. The third kappa shape index (κ3) is 9.24. The monoisotopic (exact) mass is 1040 g/mol. The molecule has 4 heteroatoms. The minimum atomic E-state index is -0.327. The fourth-order valence-corrected chi connectivity index (χ4v) is 12.9. The lowest BCUT2D eigenvalue weighted by molar-refractivity contribution is 0.589. The van der Waals surface area contributed by atoms with E-state index in [0.717, 1.165) is 17.1 Å². The number of hydrogen-bond donors (Lipinski definition) is 0. The third-order valence-electron chi connectivity index (χ3n) is 17.8. The van der Waals surface area contributed by atoms with Crippen LogP contribution in [0.3, 0.4) is 0 Å². The number of anilines is 9. The molecule has 2 heterocycles. The first-order chi connectivity index (χ1) is 36.7. The second-order valence-electron chi connectivity index (χ2n) is 30.1. The Balaban J connectivity index is 1.28. The van der Waals surface area contributed by atoms with Crippen molar-refractivity contribution < 1.29 is 0 Å². The minimum Gasteiger partial charge on any atom is -0.311 e. The molecule has 404 valence electrons. The Kier molecular flexibility index (Phi) is 12.4. The van der Waals surface area contributed by atoms with Gasteiger partial charge in [-0.2, -0.15) is 0 Å². The molecule has 1 aliphatic carbocycles. The Morgan fingerprint density at radius 1 is 0.342 bits per heavy atom. The lowest BCUT2D eigenvalue weighted by Gasteiger charge is -2.46. The molecule has 0 bridgehead atoms. The predicted octanol–water partition coefficient (Wildman–Crippen LogP) is 19.3. The van der Waals surface area contributed by atoms with Crippen LogP contribution in [0.15, 0.2) is 158 Å². The molecule has 0 amide bonds. The van der Waals surface area contributed by atoms with Gasteiger partial charge in [0, 0.05) is 50.9 Å². The summed E-state index contributed by atoms with van der Waals surface area (Å²) in [5.74, 6) is 0. The first kappa shape index (κ1) is 54.2. The van der Waals surface area contributed by atoms with E-state index in [1.54, 1.807) is 0 Å². The van der Waals surface area contributed by atoms with E-state index < -0.39 is 0 Å². The van der Waals surface area contributed by atoms with Crippen LogP contribution in [0.5, 0.6) is 0 Å². The Morgan fingerprint density at radius 2 is 0.747 bits per heavy atom. The average molecular weight is 1040 g/mol. The van der Waals surface area contributed by atoms with Gasteiger partial charge < -0.3 is 14.7 Å². The van der Waals surface area contributed by atoms with E-state index in [0.29, 0.717) is 0 Å². The highest BCUT2D eigenvalue weighted by atomic mass is 15.2. The van der Waals surface area contributed by atoms with E-state index in [1.807, 2.05) is 0 Å². The van der Waals surface area contributed by atoms with Gasteiger partial charge >= 0.3 is 0 Å². The Hall–Kier alpha value is -6.78. The van der Waals surface area contributed by atoms with Crippen LogP contribution < -0.4 is 31.1 Å². The predicted molar refractivity (Wildman–Crippen MR) is 345 cm³/mol. The molecule has 0 atom stereocenters. The van der Waals surface area contributed by atoms with Crippen molar-refractivity contribution in [1.82, 2.24) is 0 Å². The molecule has 0 aromatic heterocycles. The van der Waals surface area contributed by atoms with Gasteiger partial charge in [0.2, 0.25) is 0 Å². The van der Waals surface area contributed by atoms with Crippen molar-refractivity contribution in [2.75, 3.05) is 14.7 Å². The number of hydrogen-bond acceptors (Lipinski definition) is 3. The zero-order valence-electron chi connectivity index (χ0n) is 51.4. The topological polar surface area (TPSA) is 9.72 Å². The SMILES string of the molecule is CC(C)(C)c1ccc(N(c2ccc(C(C)(C)C)cc2)c2cc3c(c(N4c5ccc(C(C)(C)C)cc5B5c6cc(C(C)(C)C)ccc6N(c6ccc(C(C)(C)C)cc6)c6cc(C(C)(C)C)cc4c65)c2)C(C)(C)c2ccccc2-3)cc1. The highest BCUT2D eigenvalue weighted by molar-refractivity contribution is 7.00. The highest BCUT2D eigenvalue weighted by Gasteiger charge is 2.47. The van der Waals surface area contributed by atoms with Gasteiger partial charge in [0.1, 0.15) is 0 Å². The van der Waals surface area contributed by atoms with Crippen LogP contribution in [-0.2, 0) is 37.9 Å². The number of rotatable bonds is 5. The Bertz CT molecular complexity index is 3620. The van der Waals surface area contributed by atoms with Crippen LogP contribution in [0.25, 0.3) is 11.1 Å². The molecule has 0 unspecified atom stereocenters. The van der Waals surface area contributed by atoms with Crippen LogP contribution in [0.4, 0.5) is 51.2 Å². The average Bonchev–Trinajstić information content (AvgIpc) is 3.53. The van der Waals surface area contributed by atoms with E-state index in [2.05, 4.69) is 311 Å². The summed E-state index contributed by atoms with van der Waals surface area (Å²) in [4.78, 5) is 7.85.